The molecular formula is C21H26N4OS. The Kier molecular flexibility index (Phi) is 4.70. The number of thiophene rings is 1. The predicted octanol–water partition coefficient (Wildman–Crippen LogP) is 3.08. The molecule has 1 N–H and O–H groups in total. The maximum absolute atomic E-state index is 13.0. The molecule has 0 unspecified atom stereocenters. The van der Waals surface area contributed by atoms with Gasteiger partial charge < -0.3 is 10.2 Å². The summed E-state index contributed by atoms with van der Waals surface area (Å²) >= 11 is 1.71. The summed E-state index contributed by atoms with van der Waals surface area (Å²) < 4.78 is 0. The molecule has 0 radical (unpaired) electrons. The van der Waals surface area contributed by atoms with Gasteiger partial charge in [-0.15, -0.1) is 11.3 Å². The molecule has 1 saturated heterocycles. The van der Waals surface area contributed by atoms with Gasteiger partial charge in [-0.05, 0) is 56.7 Å². The summed E-state index contributed by atoms with van der Waals surface area (Å²) in [6, 6.07) is 2.15. The van der Waals surface area contributed by atoms with Crippen molar-refractivity contribution >= 4 is 17.2 Å². The molecule has 4 heterocycles. The molecular weight excluding hydrogens is 356 g/mol. The van der Waals surface area contributed by atoms with Crippen molar-refractivity contribution in [2.45, 2.75) is 57.4 Å². The zero-order valence-corrected chi connectivity index (χ0v) is 16.5. The highest BCUT2D eigenvalue weighted by molar-refractivity contribution is 7.14. The first kappa shape index (κ1) is 17.3. The third-order valence-electron chi connectivity index (χ3n) is 6.11. The number of carbonyl (C=O) groups is 1. The lowest BCUT2D eigenvalue weighted by atomic mass is 9.98. The van der Waals surface area contributed by atoms with Gasteiger partial charge in [-0.1, -0.05) is 0 Å². The lowest BCUT2D eigenvalue weighted by molar-refractivity contribution is 0.0738. The molecule has 1 fully saturated rings. The van der Waals surface area contributed by atoms with Gasteiger partial charge in [0.25, 0.3) is 5.91 Å². The molecule has 27 heavy (non-hydrogen) atoms. The number of carbonyl (C=O) groups excluding carboxylic acids is 1. The largest absolute Gasteiger partial charge is 0.333 e. The Hall–Kier alpha value is -1.79. The third kappa shape index (κ3) is 3.41. The molecule has 1 atom stereocenters. The van der Waals surface area contributed by atoms with Crippen molar-refractivity contribution in [3.63, 3.8) is 0 Å². The number of piperidine rings is 1. The number of hydrogen-bond acceptors (Lipinski definition) is 5. The molecule has 0 bridgehead atoms. The van der Waals surface area contributed by atoms with Crippen LogP contribution in [0.2, 0.25) is 0 Å². The number of rotatable bonds is 2. The minimum Gasteiger partial charge on any atom is -0.333 e. The summed E-state index contributed by atoms with van der Waals surface area (Å²) in [7, 11) is 0. The third-order valence-corrected chi connectivity index (χ3v) is 7.33. The maximum atomic E-state index is 13.0. The first-order valence-electron chi connectivity index (χ1n) is 10.2. The first-order valence-corrected chi connectivity index (χ1v) is 11.1. The van der Waals surface area contributed by atoms with Gasteiger partial charge in [0.2, 0.25) is 0 Å². The van der Waals surface area contributed by atoms with Gasteiger partial charge in [0.05, 0.1) is 10.6 Å². The smallest absolute Gasteiger partial charge is 0.264 e. The zero-order valence-electron chi connectivity index (χ0n) is 15.7. The van der Waals surface area contributed by atoms with E-state index in [-0.39, 0.29) is 5.91 Å². The van der Waals surface area contributed by atoms with Crippen LogP contribution in [0.15, 0.2) is 12.3 Å². The van der Waals surface area contributed by atoms with Gasteiger partial charge in [-0.25, -0.2) is 9.97 Å². The number of nitrogens with one attached hydrogen (secondary N) is 1. The summed E-state index contributed by atoms with van der Waals surface area (Å²) in [6.45, 7) is 3.48. The van der Waals surface area contributed by atoms with Crippen LogP contribution in [0, 0.1) is 0 Å². The Morgan fingerprint density at radius 1 is 1.19 bits per heavy atom. The minimum atomic E-state index is 0.181. The van der Waals surface area contributed by atoms with E-state index in [1.54, 1.807) is 11.3 Å². The molecule has 5 nitrogen and oxygen atoms in total. The zero-order chi connectivity index (χ0) is 18.2. The average Bonchev–Trinajstić information content (AvgIpc) is 3.17. The van der Waals surface area contributed by atoms with Crippen LogP contribution >= 0.6 is 11.3 Å². The molecule has 0 aromatic carbocycles. The van der Waals surface area contributed by atoms with Crippen molar-refractivity contribution < 1.29 is 4.79 Å². The Labute approximate surface area is 164 Å². The Bertz CT molecular complexity index is 832. The van der Waals surface area contributed by atoms with Crippen LogP contribution in [0.5, 0.6) is 0 Å². The van der Waals surface area contributed by atoms with Crippen LogP contribution in [0.3, 0.4) is 0 Å². The summed E-state index contributed by atoms with van der Waals surface area (Å²) in [5.74, 6) is 1.59. The fourth-order valence-corrected chi connectivity index (χ4v) is 5.75. The quantitative estimate of drug-likeness (QED) is 0.867. The molecule has 1 amide bonds. The highest BCUT2D eigenvalue weighted by Crippen LogP contribution is 2.31. The van der Waals surface area contributed by atoms with Crippen LogP contribution in [0.1, 0.15) is 68.8 Å². The molecule has 2 aromatic heterocycles. The fourth-order valence-electron chi connectivity index (χ4n) is 4.53. The van der Waals surface area contributed by atoms with Gasteiger partial charge in [0.15, 0.2) is 0 Å². The van der Waals surface area contributed by atoms with Crippen LogP contribution < -0.4 is 5.32 Å². The van der Waals surface area contributed by atoms with E-state index in [0.717, 1.165) is 60.9 Å². The number of aromatic nitrogens is 2. The van der Waals surface area contributed by atoms with Crippen LogP contribution in [-0.4, -0.2) is 40.4 Å². The summed E-state index contributed by atoms with van der Waals surface area (Å²) in [6.07, 6.45) is 9.95. The summed E-state index contributed by atoms with van der Waals surface area (Å²) in [5.41, 5.74) is 3.66. The molecule has 3 aliphatic rings. The molecule has 2 aliphatic heterocycles. The highest BCUT2D eigenvalue weighted by atomic mass is 32.1. The number of fused-ring (bicyclic) bond motifs is 2. The van der Waals surface area contributed by atoms with Crippen molar-refractivity contribution in [1.29, 1.82) is 0 Å². The highest BCUT2D eigenvalue weighted by Gasteiger charge is 2.27. The van der Waals surface area contributed by atoms with E-state index < -0.39 is 0 Å². The van der Waals surface area contributed by atoms with E-state index in [4.69, 9.17) is 4.98 Å². The second kappa shape index (κ2) is 7.32. The van der Waals surface area contributed by atoms with Crippen LogP contribution in [-0.2, 0) is 25.8 Å². The standard InChI is InChI=1S/C21H26N4OS/c26-21(19-10-14-4-1-2-6-18(14)27-19)25-9-7-17-16(13-25)12-23-20(24-17)15-5-3-8-22-11-15/h10,12,15,22H,1-9,11,13H2/t15-/m0/s1. The topological polar surface area (TPSA) is 58.1 Å². The maximum Gasteiger partial charge on any atom is 0.264 e. The average molecular weight is 383 g/mol. The minimum absolute atomic E-state index is 0.181. The Morgan fingerprint density at radius 3 is 2.96 bits per heavy atom. The van der Waals surface area contributed by atoms with Crippen molar-refractivity contribution in [2.24, 2.45) is 0 Å². The van der Waals surface area contributed by atoms with Gasteiger partial charge in [-0.2, -0.15) is 0 Å². The van der Waals surface area contributed by atoms with Crippen molar-refractivity contribution in [3.05, 3.63) is 44.7 Å². The molecule has 0 saturated carbocycles. The van der Waals surface area contributed by atoms with Gasteiger partial charge in [-0.3, -0.25) is 4.79 Å². The van der Waals surface area contributed by atoms with E-state index >= 15 is 0 Å². The first-order chi connectivity index (χ1) is 13.3. The van der Waals surface area contributed by atoms with E-state index in [2.05, 4.69) is 16.4 Å². The molecule has 5 rings (SSSR count). The second-order valence-corrected chi connectivity index (χ2v) is 9.12. The second-order valence-electron chi connectivity index (χ2n) is 7.99. The van der Waals surface area contributed by atoms with Crippen molar-refractivity contribution in [3.8, 4) is 0 Å². The lowest BCUT2D eigenvalue weighted by Crippen LogP contribution is -2.36. The normalized spacial score (nSPS) is 22.2. The van der Waals surface area contributed by atoms with Gasteiger partial charge in [0.1, 0.15) is 5.82 Å². The molecule has 0 spiro atoms. The van der Waals surface area contributed by atoms with Crippen LogP contribution in [0.4, 0.5) is 0 Å². The SMILES string of the molecule is O=C(c1cc2c(s1)CCCC2)N1CCc2nc([C@H]3CCCNC3)ncc2C1. The number of amides is 1. The molecule has 6 heteroatoms. The Morgan fingerprint density at radius 2 is 2.11 bits per heavy atom. The van der Waals surface area contributed by atoms with E-state index in [1.807, 2.05) is 11.1 Å². The number of nitrogens with zero attached hydrogens (tertiary/aromatic N) is 3. The van der Waals surface area contributed by atoms with Crippen molar-refractivity contribution in [2.75, 3.05) is 19.6 Å². The van der Waals surface area contributed by atoms with Crippen LogP contribution in [0.25, 0.3) is 0 Å². The van der Waals surface area contributed by atoms with E-state index in [0.29, 0.717) is 12.5 Å². The van der Waals surface area contributed by atoms with Gasteiger partial charge in [0, 0.05) is 48.6 Å². The van der Waals surface area contributed by atoms with E-state index in [1.165, 1.54) is 36.1 Å². The van der Waals surface area contributed by atoms with Gasteiger partial charge >= 0.3 is 0 Å². The lowest BCUT2D eigenvalue weighted by Gasteiger charge is -2.29. The Balaban J connectivity index is 1.32. The molecule has 142 valence electrons. The predicted molar refractivity (Wildman–Crippen MR) is 106 cm³/mol. The van der Waals surface area contributed by atoms with E-state index in [9.17, 15) is 4.79 Å². The fraction of sp³-hybridized carbons (Fsp3) is 0.571. The molecule has 2 aromatic rings. The van der Waals surface area contributed by atoms with Crippen molar-refractivity contribution in [1.82, 2.24) is 20.2 Å². The number of hydrogen-bond donors (Lipinski definition) is 1. The monoisotopic (exact) mass is 382 g/mol. The number of aryl methyl sites for hydroxylation is 2. The summed E-state index contributed by atoms with van der Waals surface area (Å²) in [5, 5.41) is 3.44. The molecule has 1 aliphatic carbocycles. The summed E-state index contributed by atoms with van der Waals surface area (Å²) in [4.78, 5) is 26.9.